The van der Waals surface area contributed by atoms with Crippen molar-refractivity contribution in [3.05, 3.63) is 34.9 Å². The molecule has 0 aliphatic carbocycles. The summed E-state index contributed by atoms with van der Waals surface area (Å²) in [4.78, 5) is 55.7. The maximum absolute atomic E-state index is 13.1. The number of carbonyl (C=O) groups excluding carboxylic acids is 4. The van der Waals surface area contributed by atoms with Gasteiger partial charge in [0.2, 0.25) is 5.91 Å². The Labute approximate surface area is 178 Å². The Hall–Kier alpha value is -2.70. The topological polar surface area (TPSA) is 78.0 Å². The van der Waals surface area contributed by atoms with E-state index in [1.165, 1.54) is 11.0 Å². The van der Waals surface area contributed by atoms with Crippen LogP contribution < -0.4 is 0 Å². The number of nitrogens with zero attached hydrogens (tertiary/aromatic N) is 3. The second-order valence-corrected chi connectivity index (χ2v) is 9.50. The maximum Gasteiger partial charge on any atom is 0.262 e. The van der Waals surface area contributed by atoms with E-state index in [-0.39, 0.29) is 29.2 Å². The second kappa shape index (κ2) is 8.20. The molecule has 4 amide bonds. The van der Waals surface area contributed by atoms with Gasteiger partial charge in [-0.05, 0) is 51.3 Å². The van der Waals surface area contributed by atoms with Crippen LogP contribution in [0.1, 0.15) is 78.5 Å². The van der Waals surface area contributed by atoms with Crippen LogP contribution in [0.25, 0.3) is 0 Å². The van der Waals surface area contributed by atoms with Crippen LogP contribution in [0, 0.1) is 5.92 Å². The summed E-state index contributed by atoms with van der Waals surface area (Å²) >= 11 is 0. The number of rotatable bonds is 3. The Bertz CT molecular complexity index is 885. The molecule has 7 nitrogen and oxygen atoms in total. The lowest BCUT2D eigenvalue weighted by molar-refractivity contribution is -0.131. The Kier molecular flexibility index (Phi) is 6.01. The summed E-state index contributed by atoms with van der Waals surface area (Å²) in [6.07, 6.45) is 1.23. The molecule has 1 aromatic rings. The van der Waals surface area contributed by atoms with Gasteiger partial charge in [-0.25, -0.2) is 0 Å². The smallest absolute Gasteiger partial charge is 0.262 e. The van der Waals surface area contributed by atoms with Crippen LogP contribution in [-0.4, -0.2) is 70.0 Å². The van der Waals surface area contributed by atoms with Gasteiger partial charge in [-0.1, -0.05) is 13.8 Å². The van der Waals surface area contributed by atoms with E-state index >= 15 is 0 Å². The molecular formula is C23H31N3O4. The lowest BCUT2D eigenvalue weighted by atomic mass is 10.0. The van der Waals surface area contributed by atoms with Crippen LogP contribution in [0.5, 0.6) is 0 Å². The van der Waals surface area contributed by atoms with Crippen molar-refractivity contribution in [1.82, 2.24) is 14.7 Å². The maximum atomic E-state index is 13.1. The average molecular weight is 414 g/mol. The fourth-order valence-electron chi connectivity index (χ4n) is 4.01. The molecule has 30 heavy (non-hydrogen) atoms. The molecule has 1 aromatic carbocycles. The second-order valence-electron chi connectivity index (χ2n) is 9.50. The van der Waals surface area contributed by atoms with Crippen molar-refractivity contribution >= 4 is 23.6 Å². The Morgan fingerprint density at radius 1 is 0.933 bits per heavy atom. The van der Waals surface area contributed by atoms with Gasteiger partial charge in [0.1, 0.15) is 0 Å². The molecule has 0 aromatic heterocycles. The molecule has 162 valence electrons. The molecule has 0 atom stereocenters. The van der Waals surface area contributed by atoms with Crippen molar-refractivity contribution in [3.63, 3.8) is 0 Å². The minimum absolute atomic E-state index is 0.128. The normalized spacial score (nSPS) is 17.5. The Morgan fingerprint density at radius 2 is 1.53 bits per heavy atom. The van der Waals surface area contributed by atoms with E-state index in [1.54, 1.807) is 17.0 Å². The van der Waals surface area contributed by atoms with Gasteiger partial charge >= 0.3 is 0 Å². The molecule has 2 aliphatic rings. The molecule has 0 saturated carbocycles. The number of fused-ring (bicyclic) bond motifs is 1. The highest BCUT2D eigenvalue weighted by atomic mass is 16.2. The standard InChI is InChI=1S/C23H31N3O4/c1-15(2)13-19(27)24-9-6-10-25(12-11-24)20(28)16-7-8-17-18(14-16)22(30)26(21(17)29)23(3,4)5/h7-8,14-15H,6,9-13H2,1-5H3. The molecule has 1 saturated heterocycles. The molecule has 1 fully saturated rings. The van der Waals surface area contributed by atoms with Crippen molar-refractivity contribution in [3.8, 4) is 0 Å². The van der Waals surface area contributed by atoms with E-state index < -0.39 is 5.54 Å². The first kappa shape index (κ1) is 22.0. The van der Waals surface area contributed by atoms with E-state index in [1.807, 2.05) is 39.5 Å². The van der Waals surface area contributed by atoms with Crippen LogP contribution in [0.15, 0.2) is 18.2 Å². The van der Waals surface area contributed by atoms with Gasteiger partial charge < -0.3 is 9.80 Å². The van der Waals surface area contributed by atoms with Crippen molar-refractivity contribution in [2.75, 3.05) is 26.2 Å². The zero-order valence-corrected chi connectivity index (χ0v) is 18.5. The third-order valence-corrected chi connectivity index (χ3v) is 5.52. The van der Waals surface area contributed by atoms with Crippen LogP contribution >= 0.6 is 0 Å². The van der Waals surface area contributed by atoms with Gasteiger partial charge in [0.25, 0.3) is 17.7 Å². The summed E-state index contributed by atoms with van der Waals surface area (Å²) in [5.41, 5.74) is 0.387. The minimum atomic E-state index is -0.631. The Balaban J connectivity index is 1.75. The molecule has 7 heteroatoms. The Morgan fingerprint density at radius 3 is 2.17 bits per heavy atom. The third-order valence-electron chi connectivity index (χ3n) is 5.52. The van der Waals surface area contributed by atoms with Gasteiger partial charge in [-0.2, -0.15) is 0 Å². The summed E-state index contributed by atoms with van der Waals surface area (Å²) in [6.45, 7) is 11.6. The van der Waals surface area contributed by atoms with E-state index in [2.05, 4.69) is 0 Å². The summed E-state index contributed by atoms with van der Waals surface area (Å²) < 4.78 is 0. The molecule has 2 heterocycles. The van der Waals surface area contributed by atoms with Crippen LogP contribution in [0.2, 0.25) is 0 Å². The largest absolute Gasteiger partial charge is 0.341 e. The lowest BCUT2D eigenvalue weighted by Gasteiger charge is -2.29. The lowest BCUT2D eigenvalue weighted by Crippen LogP contribution is -2.45. The number of imide groups is 1. The number of amides is 4. The molecule has 0 spiro atoms. The van der Waals surface area contributed by atoms with Crippen LogP contribution in [-0.2, 0) is 4.79 Å². The summed E-state index contributed by atoms with van der Waals surface area (Å²) in [5, 5.41) is 0. The first-order chi connectivity index (χ1) is 14.0. The van der Waals surface area contributed by atoms with Gasteiger partial charge in [0.05, 0.1) is 11.1 Å². The first-order valence-corrected chi connectivity index (χ1v) is 10.6. The first-order valence-electron chi connectivity index (χ1n) is 10.6. The SMILES string of the molecule is CC(C)CC(=O)N1CCCN(C(=O)c2ccc3c(c2)C(=O)N(C(C)(C)C)C3=O)CC1. The predicted molar refractivity (Wildman–Crippen MR) is 113 cm³/mol. The van der Waals surface area contributed by atoms with Crippen LogP contribution in [0.4, 0.5) is 0 Å². The van der Waals surface area contributed by atoms with Crippen molar-refractivity contribution in [1.29, 1.82) is 0 Å². The number of hydrogen-bond donors (Lipinski definition) is 0. The zero-order valence-electron chi connectivity index (χ0n) is 18.5. The molecule has 0 radical (unpaired) electrons. The molecule has 0 unspecified atom stereocenters. The highest BCUT2D eigenvalue weighted by molar-refractivity contribution is 6.22. The zero-order chi connectivity index (χ0) is 22.2. The van der Waals surface area contributed by atoms with E-state index in [0.717, 1.165) is 6.42 Å². The summed E-state index contributed by atoms with van der Waals surface area (Å²) in [7, 11) is 0. The quantitative estimate of drug-likeness (QED) is 0.714. The number of carbonyl (C=O) groups is 4. The fraction of sp³-hybridized carbons (Fsp3) is 0.565. The van der Waals surface area contributed by atoms with Crippen molar-refractivity contribution in [2.24, 2.45) is 5.92 Å². The number of benzene rings is 1. The molecule has 2 aliphatic heterocycles. The van der Waals surface area contributed by atoms with Crippen molar-refractivity contribution < 1.29 is 19.2 Å². The van der Waals surface area contributed by atoms with Gasteiger partial charge in [0, 0.05) is 43.7 Å². The highest BCUT2D eigenvalue weighted by Crippen LogP contribution is 2.30. The van der Waals surface area contributed by atoms with Crippen molar-refractivity contribution in [2.45, 2.75) is 53.0 Å². The van der Waals surface area contributed by atoms with Gasteiger partial charge in [-0.3, -0.25) is 24.1 Å². The summed E-state index contributed by atoms with van der Waals surface area (Å²) in [5.74, 6) is -0.430. The van der Waals surface area contributed by atoms with E-state index in [9.17, 15) is 19.2 Å². The predicted octanol–water partition coefficient (Wildman–Crippen LogP) is 2.80. The fourth-order valence-corrected chi connectivity index (χ4v) is 4.01. The summed E-state index contributed by atoms with van der Waals surface area (Å²) in [6, 6.07) is 4.73. The average Bonchev–Trinajstić information content (AvgIpc) is 2.82. The van der Waals surface area contributed by atoms with E-state index in [4.69, 9.17) is 0 Å². The molecule has 0 bridgehead atoms. The third kappa shape index (κ3) is 4.25. The molecular weight excluding hydrogens is 382 g/mol. The van der Waals surface area contributed by atoms with Gasteiger partial charge in [0.15, 0.2) is 0 Å². The monoisotopic (exact) mass is 413 g/mol. The van der Waals surface area contributed by atoms with Crippen LogP contribution in [0.3, 0.4) is 0 Å². The molecule has 3 rings (SSSR count). The molecule has 0 N–H and O–H groups in total. The number of hydrogen-bond acceptors (Lipinski definition) is 4. The minimum Gasteiger partial charge on any atom is -0.341 e. The van der Waals surface area contributed by atoms with E-state index in [0.29, 0.717) is 49.6 Å². The highest BCUT2D eigenvalue weighted by Gasteiger charge is 2.42. The van der Waals surface area contributed by atoms with Gasteiger partial charge in [-0.15, -0.1) is 0 Å².